The van der Waals surface area contributed by atoms with E-state index in [9.17, 15) is 5.11 Å². The summed E-state index contributed by atoms with van der Waals surface area (Å²) in [5.41, 5.74) is 0. The maximum Gasteiger partial charge on any atom is 0.184 e. The van der Waals surface area contributed by atoms with Crippen molar-refractivity contribution in [1.29, 1.82) is 0 Å². The predicted molar refractivity (Wildman–Crippen MR) is 499 cm³/mol. The van der Waals surface area contributed by atoms with Crippen LogP contribution < -0.4 is 0 Å². The van der Waals surface area contributed by atoms with Gasteiger partial charge in [0.1, 0.15) is 6.10 Å². The molecule has 1 N–H and O–H groups in total. The second-order valence-electron chi connectivity index (χ2n) is 44.0. The molecule has 716 valence electrons. The van der Waals surface area contributed by atoms with E-state index in [1.54, 1.807) is 0 Å². The lowest BCUT2D eigenvalue weighted by atomic mass is 9.73. The normalized spacial score (nSPS) is 48.4. The zero-order valence-electron chi connectivity index (χ0n) is 86.7. The summed E-state index contributed by atoms with van der Waals surface area (Å²) in [5.74, 6) is 12.4. The van der Waals surface area contributed by atoms with Gasteiger partial charge in [-0.25, -0.2) is 0 Å². The minimum absolute atomic E-state index is 0.00563. The Bertz CT molecular complexity index is 2810. The second-order valence-corrected chi connectivity index (χ2v) is 44.0. The zero-order valence-corrected chi connectivity index (χ0v) is 86.7. The molecular weight excluding hydrogens is 1510 g/mol. The summed E-state index contributed by atoms with van der Waals surface area (Å²) in [6.07, 6.45) is 9.41. The number of aliphatic hydroxyl groups excluding tert-OH is 1. The molecule has 54 atom stereocenters. The highest BCUT2D eigenvalue weighted by Gasteiger charge is 2.56. The average Bonchev–Trinajstić information content (AvgIpc) is 0.765. The van der Waals surface area contributed by atoms with Crippen LogP contribution in [-0.2, 0) is 66.3 Å². The van der Waals surface area contributed by atoms with Crippen LogP contribution in [0.25, 0.3) is 0 Å². The van der Waals surface area contributed by atoms with Crippen LogP contribution in [0.3, 0.4) is 0 Å². The summed E-state index contributed by atoms with van der Waals surface area (Å²) >= 11 is 0. The topological polar surface area (TPSA) is 149 Å². The van der Waals surface area contributed by atoms with Crippen molar-refractivity contribution in [1.82, 2.24) is 0 Å². The first kappa shape index (κ1) is 109. The number of aliphatic hydroxyl groups is 1. The molecule has 9 fully saturated rings. The zero-order chi connectivity index (χ0) is 91.4. The number of hydrogen-bond acceptors (Lipinski definition) is 15. The molecular formula is C106H202O15. The van der Waals surface area contributed by atoms with Crippen molar-refractivity contribution in [2.24, 2.45) is 178 Å². The molecule has 0 aromatic heterocycles. The number of hydrogen-bond donors (Lipinski definition) is 1. The van der Waals surface area contributed by atoms with Crippen LogP contribution in [0.2, 0.25) is 0 Å². The molecule has 15 heteroatoms. The SMILES string of the molecule is CC[C@@H](C)C1OC(C)C(C)[C@@H](C)[C@@H]1C.CC[C@@H](C)C1OC(C)C(C)[C@@H](O)[C@@H]1C.CC[C@@H](C)C1OC(C)C(C)[C@@H](O[C@H]2O[C@@H]([C@H](C)CC)[C@@H](C)C(C)C2C)[C@@H]1C.CC[C@@H](C)C1O[C@H](OC2[C@@H](C)[C@H](C)C([C@H](C)CC)O[C@@H]2C)C(O[C@H]2OC([C@@H](CC)O[C@H]3OC([C@H](C)CC)[C@@H](C)[C@H](O[C@H]4O[C@@H]([C@H](C)CC)[C@@H](C)C(C)C4C)C3C)[C@@H](C)[C@H](C)C2C)[C@@H](C)[C@@H]1C. The van der Waals surface area contributed by atoms with Crippen LogP contribution in [0.5, 0.6) is 0 Å². The van der Waals surface area contributed by atoms with Crippen LogP contribution >= 0.6 is 0 Å². The van der Waals surface area contributed by atoms with E-state index in [1.807, 2.05) is 0 Å². The molecule has 9 saturated heterocycles. The van der Waals surface area contributed by atoms with Crippen LogP contribution in [0.1, 0.15) is 356 Å². The highest BCUT2D eigenvalue weighted by atomic mass is 16.8. The fourth-order valence-corrected chi connectivity index (χ4v) is 23.1. The predicted octanol–water partition coefficient (Wildman–Crippen LogP) is 25.8. The fraction of sp³-hybridized carbons (Fsp3) is 1.00. The van der Waals surface area contributed by atoms with Crippen LogP contribution in [0, 0.1) is 178 Å². The Morgan fingerprint density at radius 3 is 0.793 bits per heavy atom. The van der Waals surface area contributed by atoms with E-state index >= 15 is 0 Å². The minimum atomic E-state index is -0.543. The van der Waals surface area contributed by atoms with E-state index in [0.717, 1.165) is 57.3 Å². The number of ether oxygens (including phenoxy) is 14. The highest BCUT2D eigenvalue weighted by Crippen LogP contribution is 2.50. The van der Waals surface area contributed by atoms with Crippen LogP contribution in [0.15, 0.2) is 0 Å². The molecule has 121 heavy (non-hydrogen) atoms. The molecule has 0 spiro atoms. The Morgan fingerprint density at radius 2 is 0.430 bits per heavy atom. The maximum atomic E-state index is 10.1. The van der Waals surface area contributed by atoms with Crippen molar-refractivity contribution in [3.63, 3.8) is 0 Å². The van der Waals surface area contributed by atoms with Crippen molar-refractivity contribution >= 4 is 0 Å². The quantitative estimate of drug-likeness (QED) is 0.0791. The molecule has 0 aliphatic carbocycles. The maximum absolute atomic E-state index is 10.1. The van der Waals surface area contributed by atoms with Crippen LogP contribution in [0.4, 0.5) is 0 Å². The summed E-state index contributed by atoms with van der Waals surface area (Å²) in [6, 6.07) is 0. The van der Waals surface area contributed by atoms with E-state index in [4.69, 9.17) is 66.3 Å². The Balaban J connectivity index is 0.000000330. The van der Waals surface area contributed by atoms with E-state index < -0.39 is 18.9 Å². The van der Waals surface area contributed by atoms with Crippen molar-refractivity contribution in [3.05, 3.63) is 0 Å². The third kappa shape index (κ3) is 25.6. The lowest BCUT2D eigenvalue weighted by molar-refractivity contribution is -0.370. The minimum Gasteiger partial charge on any atom is -0.392 e. The first-order chi connectivity index (χ1) is 56.7. The van der Waals surface area contributed by atoms with E-state index in [0.29, 0.717) is 137 Å². The standard InChI is InChI=1S/C57H106O9.C24H46O3.C13H26O.C12H24O2/c1-23-28(6)46-36(14)38(16)51(44(22)58-46)64-57-53(39(17)37(15)48(62-57)30(8)25-3)66-55-41(19)33(11)35(13)52(65-55)45(27-5)59-56-43(21)50(42(20)49(61-56)31(9)26-4)63-54-40(18)32(10)34(12)47(60-54)29(7)24-2;1-11-13(3)21-16(6)15(5)17(7)24(26-21)27-23-18(8)20(10)25-22(19(23)9)14(4)12-2;1-7-8(2)13-11(5)9(3)10(4)12(6)14-13;1-6-7(2)12-9(4)11(13)8(3)10(5)14-12/h28-57H,23-27H2,1-22H3;13-24H,11-12H2,1-10H3;8-13H,7H2,1-6H3;7-13H,6H2,1-5H3/t28-,29-,30-,31-,32?,33+,34+,35+,36+,37+,38+,39+,40?,41?,42-,43?,44-,45-,46?,47+,48?,49?,50+,51?,52?,53?,54-,55-,56+,57-;13-,14-,15?,16+,17?,18?,19-,20?,21+,22?,23-,24-;8-,9-,10?,11+,12?,13?;7-,8?,9+,10?,11-,12?/m1111/s1. The molecule has 0 bridgehead atoms. The second kappa shape index (κ2) is 49.2. The fourth-order valence-electron chi connectivity index (χ4n) is 23.1. The van der Waals surface area contributed by atoms with Crippen molar-refractivity contribution in [3.8, 4) is 0 Å². The lowest BCUT2D eigenvalue weighted by Gasteiger charge is -2.53. The van der Waals surface area contributed by atoms with E-state index in [-0.39, 0.29) is 164 Å². The molecule has 0 aromatic rings. The van der Waals surface area contributed by atoms with Gasteiger partial charge in [0, 0.05) is 53.3 Å². The molecule has 9 heterocycles. The van der Waals surface area contributed by atoms with Gasteiger partial charge in [-0.3, -0.25) is 0 Å². The third-order valence-electron chi connectivity index (χ3n) is 36.6. The van der Waals surface area contributed by atoms with Crippen LogP contribution in [-0.4, -0.2) is 153 Å². The number of rotatable bonds is 28. The summed E-state index contributed by atoms with van der Waals surface area (Å²) in [7, 11) is 0. The first-order valence-corrected chi connectivity index (χ1v) is 51.5. The largest absolute Gasteiger partial charge is 0.392 e. The average molecular weight is 1720 g/mol. The van der Waals surface area contributed by atoms with Gasteiger partial charge in [0.2, 0.25) is 0 Å². The lowest BCUT2D eigenvalue weighted by Crippen LogP contribution is -2.60. The van der Waals surface area contributed by atoms with Gasteiger partial charge in [-0.05, 0) is 158 Å². The van der Waals surface area contributed by atoms with Gasteiger partial charge in [-0.15, -0.1) is 0 Å². The first-order valence-electron chi connectivity index (χ1n) is 51.5. The van der Waals surface area contributed by atoms with Crippen molar-refractivity contribution in [2.75, 3.05) is 0 Å². The van der Waals surface area contributed by atoms with Gasteiger partial charge in [-0.1, -0.05) is 321 Å². The Labute approximate surface area is 747 Å². The molecule has 15 nitrogen and oxygen atoms in total. The Kier molecular flexibility index (Phi) is 44.4. The summed E-state index contributed by atoms with van der Waals surface area (Å²) in [5, 5.41) is 10.1. The van der Waals surface area contributed by atoms with Crippen molar-refractivity contribution < 1.29 is 71.4 Å². The molecule has 0 saturated carbocycles. The Morgan fingerprint density at radius 1 is 0.190 bits per heavy atom. The van der Waals surface area contributed by atoms with Gasteiger partial charge >= 0.3 is 0 Å². The van der Waals surface area contributed by atoms with E-state index in [2.05, 4.69) is 298 Å². The molecule has 0 aromatic carbocycles. The molecule has 0 radical (unpaired) electrons. The highest BCUT2D eigenvalue weighted by molar-refractivity contribution is 4.99. The molecule has 0 amide bonds. The monoisotopic (exact) mass is 1720 g/mol. The smallest absolute Gasteiger partial charge is 0.184 e. The summed E-state index contributed by atoms with van der Waals surface area (Å²) in [4.78, 5) is 0. The van der Waals surface area contributed by atoms with Gasteiger partial charge in [0.05, 0.1) is 110 Å². The molecule has 9 aliphatic rings. The Hall–Kier alpha value is -0.600. The molecule has 21 unspecified atom stereocenters. The van der Waals surface area contributed by atoms with Crippen molar-refractivity contribution in [2.45, 2.75) is 503 Å². The summed E-state index contributed by atoms with van der Waals surface area (Å²) in [6.45, 7) is 98.2. The third-order valence-corrected chi connectivity index (χ3v) is 36.6. The van der Waals surface area contributed by atoms with Gasteiger partial charge in [0.15, 0.2) is 31.5 Å². The van der Waals surface area contributed by atoms with Gasteiger partial charge in [-0.2, -0.15) is 0 Å². The molecule has 9 rings (SSSR count). The van der Waals surface area contributed by atoms with Gasteiger partial charge in [0.25, 0.3) is 0 Å². The van der Waals surface area contributed by atoms with Gasteiger partial charge < -0.3 is 71.4 Å². The summed E-state index contributed by atoms with van der Waals surface area (Å²) < 4.78 is 96.4. The van der Waals surface area contributed by atoms with E-state index in [1.165, 1.54) is 6.42 Å². The molecule has 9 aliphatic heterocycles.